The van der Waals surface area contributed by atoms with E-state index >= 15 is 0 Å². The second-order valence-electron chi connectivity index (χ2n) is 6.93. The van der Waals surface area contributed by atoms with Gasteiger partial charge in [0.2, 0.25) is 5.78 Å². The second kappa shape index (κ2) is 8.72. The number of Topliss-reactive ketones (excluding diaryl/α,β-unsaturated/α-hetero) is 1. The molecule has 0 saturated heterocycles. The summed E-state index contributed by atoms with van der Waals surface area (Å²) in [4.78, 5) is 12.3. The molecule has 1 N–H and O–H groups in total. The van der Waals surface area contributed by atoms with Crippen molar-refractivity contribution in [3.05, 3.63) is 82.3 Å². The van der Waals surface area contributed by atoms with Crippen LogP contribution in [0.5, 0.6) is 11.5 Å². The van der Waals surface area contributed by atoms with Gasteiger partial charge >= 0.3 is 0 Å². The number of ketones is 1. The van der Waals surface area contributed by atoms with Crippen molar-refractivity contribution in [1.82, 2.24) is 5.32 Å². The molecule has 1 aliphatic heterocycles. The van der Waals surface area contributed by atoms with Crippen molar-refractivity contribution in [1.29, 1.82) is 0 Å². The predicted molar refractivity (Wildman–Crippen MR) is 111 cm³/mol. The summed E-state index contributed by atoms with van der Waals surface area (Å²) in [5, 5.41) is 4.03. The summed E-state index contributed by atoms with van der Waals surface area (Å²) in [5.74, 6) is 0.882. The standard InChI is InChI=1S/C23H22ClNO4/c1-27-23-21(29-14-20(26)16-8-10-28-13-16)11-18-17(22(23)24)7-9-25-12-19(18)15-5-3-2-4-6-15/h2-6,8,10-11,13,19,25H,7,9,12,14H2,1H3. The number of hydrogen-bond donors (Lipinski definition) is 1. The first-order valence-corrected chi connectivity index (χ1v) is 9.90. The van der Waals surface area contributed by atoms with Crippen molar-refractivity contribution < 1.29 is 18.7 Å². The Morgan fingerprint density at radius 1 is 1.28 bits per heavy atom. The van der Waals surface area contributed by atoms with Gasteiger partial charge in [-0.15, -0.1) is 0 Å². The lowest BCUT2D eigenvalue weighted by Gasteiger charge is -2.22. The van der Waals surface area contributed by atoms with E-state index in [0.29, 0.717) is 22.1 Å². The van der Waals surface area contributed by atoms with E-state index in [2.05, 4.69) is 17.4 Å². The molecule has 1 aromatic heterocycles. The minimum Gasteiger partial charge on any atom is -0.491 e. The molecule has 6 heteroatoms. The molecular formula is C23H22ClNO4. The van der Waals surface area contributed by atoms with E-state index in [4.69, 9.17) is 25.5 Å². The maximum absolute atomic E-state index is 12.3. The lowest BCUT2D eigenvalue weighted by molar-refractivity contribution is 0.0918. The molecule has 0 saturated carbocycles. The SMILES string of the molecule is COc1c(OCC(=O)c2ccoc2)cc2c(c1Cl)CCNCC2c1ccccc1. The van der Waals surface area contributed by atoms with E-state index in [-0.39, 0.29) is 18.3 Å². The average Bonchev–Trinajstić information content (AvgIpc) is 3.20. The van der Waals surface area contributed by atoms with Crippen LogP contribution in [0.3, 0.4) is 0 Å². The van der Waals surface area contributed by atoms with Gasteiger partial charge in [-0.1, -0.05) is 41.9 Å². The molecule has 0 amide bonds. The van der Waals surface area contributed by atoms with Gasteiger partial charge in [0.25, 0.3) is 0 Å². The highest BCUT2D eigenvalue weighted by atomic mass is 35.5. The number of halogens is 1. The summed E-state index contributed by atoms with van der Waals surface area (Å²) in [6, 6.07) is 13.9. The number of carbonyl (C=O) groups is 1. The zero-order valence-corrected chi connectivity index (χ0v) is 16.9. The molecule has 4 rings (SSSR count). The zero-order chi connectivity index (χ0) is 20.2. The molecule has 1 aliphatic rings. The molecule has 5 nitrogen and oxygen atoms in total. The van der Waals surface area contributed by atoms with Crippen LogP contribution in [0.2, 0.25) is 5.02 Å². The topological polar surface area (TPSA) is 60.7 Å². The summed E-state index contributed by atoms with van der Waals surface area (Å²) < 4.78 is 16.4. The molecule has 0 fully saturated rings. The van der Waals surface area contributed by atoms with Crippen molar-refractivity contribution >= 4 is 17.4 Å². The van der Waals surface area contributed by atoms with Gasteiger partial charge < -0.3 is 19.2 Å². The Balaban J connectivity index is 1.71. The van der Waals surface area contributed by atoms with E-state index < -0.39 is 0 Å². The van der Waals surface area contributed by atoms with E-state index in [9.17, 15) is 4.79 Å². The molecule has 0 spiro atoms. The van der Waals surface area contributed by atoms with Gasteiger partial charge in [-0.25, -0.2) is 0 Å². The van der Waals surface area contributed by atoms with Crippen molar-refractivity contribution in [2.45, 2.75) is 12.3 Å². The van der Waals surface area contributed by atoms with Gasteiger partial charge in [0.15, 0.2) is 18.1 Å². The zero-order valence-electron chi connectivity index (χ0n) is 16.1. The molecule has 2 heterocycles. The predicted octanol–water partition coefficient (Wildman–Crippen LogP) is 4.48. The van der Waals surface area contributed by atoms with Crippen LogP contribution in [-0.4, -0.2) is 32.6 Å². The summed E-state index contributed by atoms with van der Waals surface area (Å²) >= 11 is 6.74. The van der Waals surface area contributed by atoms with Crippen LogP contribution in [0.1, 0.15) is 33.0 Å². The van der Waals surface area contributed by atoms with Gasteiger partial charge in [-0.3, -0.25) is 4.79 Å². The van der Waals surface area contributed by atoms with Crippen LogP contribution in [0.4, 0.5) is 0 Å². The van der Waals surface area contributed by atoms with Gasteiger partial charge in [0.05, 0.1) is 24.0 Å². The fourth-order valence-corrected chi connectivity index (χ4v) is 4.10. The first-order valence-electron chi connectivity index (χ1n) is 9.52. The quantitative estimate of drug-likeness (QED) is 0.606. The minimum absolute atomic E-state index is 0.126. The Morgan fingerprint density at radius 3 is 2.83 bits per heavy atom. The molecule has 0 aliphatic carbocycles. The van der Waals surface area contributed by atoms with Crippen molar-refractivity contribution in [2.75, 3.05) is 26.8 Å². The third kappa shape index (κ3) is 4.02. The van der Waals surface area contributed by atoms with E-state index in [0.717, 1.165) is 30.6 Å². The Bertz CT molecular complexity index is 986. The average molecular weight is 412 g/mol. The number of rotatable bonds is 6. The lowest BCUT2D eigenvalue weighted by Crippen LogP contribution is -2.20. The summed E-state index contributed by atoms with van der Waals surface area (Å²) in [6.07, 6.45) is 3.66. The molecule has 0 bridgehead atoms. The molecule has 0 radical (unpaired) electrons. The number of ether oxygens (including phenoxy) is 2. The maximum Gasteiger partial charge on any atom is 0.203 e. The first-order chi connectivity index (χ1) is 14.2. The third-order valence-electron chi connectivity index (χ3n) is 5.21. The number of fused-ring (bicyclic) bond motifs is 1. The number of methoxy groups -OCH3 is 1. The Hall–Kier alpha value is -2.76. The van der Waals surface area contributed by atoms with Crippen LogP contribution in [0, 0.1) is 0 Å². The van der Waals surface area contributed by atoms with E-state index in [1.807, 2.05) is 24.3 Å². The van der Waals surface area contributed by atoms with Gasteiger partial charge in [-0.2, -0.15) is 0 Å². The largest absolute Gasteiger partial charge is 0.491 e. The van der Waals surface area contributed by atoms with Crippen LogP contribution in [0.15, 0.2) is 59.4 Å². The highest BCUT2D eigenvalue weighted by Crippen LogP contribution is 2.44. The molecule has 29 heavy (non-hydrogen) atoms. The van der Waals surface area contributed by atoms with Gasteiger partial charge in [-0.05, 0) is 41.8 Å². The van der Waals surface area contributed by atoms with E-state index in [1.165, 1.54) is 18.1 Å². The van der Waals surface area contributed by atoms with Gasteiger partial charge in [0, 0.05) is 12.5 Å². The monoisotopic (exact) mass is 411 g/mol. The van der Waals surface area contributed by atoms with Crippen molar-refractivity contribution in [2.24, 2.45) is 0 Å². The summed E-state index contributed by atoms with van der Waals surface area (Å²) in [7, 11) is 1.56. The minimum atomic E-state index is -0.173. The number of nitrogens with one attached hydrogen (secondary N) is 1. The number of carbonyl (C=O) groups excluding carboxylic acids is 1. The second-order valence-corrected chi connectivity index (χ2v) is 7.31. The number of furan rings is 1. The normalized spacial score (nSPS) is 16.0. The summed E-state index contributed by atoms with van der Waals surface area (Å²) in [5.41, 5.74) is 3.81. The Kier molecular flexibility index (Phi) is 5.88. The summed E-state index contributed by atoms with van der Waals surface area (Å²) in [6.45, 7) is 1.50. The van der Waals surface area contributed by atoms with Crippen molar-refractivity contribution in [3.8, 4) is 11.5 Å². The molecular weight excluding hydrogens is 390 g/mol. The highest BCUT2D eigenvalue weighted by Gasteiger charge is 2.27. The van der Waals surface area contributed by atoms with Crippen LogP contribution >= 0.6 is 11.6 Å². The molecule has 3 aromatic rings. The van der Waals surface area contributed by atoms with Gasteiger partial charge in [0.1, 0.15) is 6.26 Å². The number of benzene rings is 2. The molecule has 150 valence electrons. The smallest absolute Gasteiger partial charge is 0.203 e. The Labute approximate surface area is 174 Å². The fourth-order valence-electron chi connectivity index (χ4n) is 3.73. The maximum atomic E-state index is 12.3. The van der Waals surface area contributed by atoms with Crippen LogP contribution in [0.25, 0.3) is 0 Å². The molecule has 2 aromatic carbocycles. The van der Waals surface area contributed by atoms with Crippen LogP contribution < -0.4 is 14.8 Å². The van der Waals surface area contributed by atoms with E-state index in [1.54, 1.807) is 13.2 Å². The first kappa shape index (κ1) is 19.6. The number of hydrogen-bond acceptors (Lipinski definition) is 5. The fraction of sp³-hybridized carbons (Fsp3) is 0.261. The highest BCUT2D eigenvalue weighted by molar-refractivity contribution is 6.33. The Morgan fingerprint density at radius 2 is 2.10 bits per heavy atom. The lowest BCUT2D eigenvalue weighted by atomic mass is 9.87. The van der Waals surface area contributed by atoms with Crippen molar-refractivity contribution in [3.63, 3.8) is 0 Å². The molecule has 1 unspecified atom stereocenters. The molecule has 1 atom stereocenters. The van der Waals surface area contributed by atoms with Crippen LogP contribution in [-0.2, 0) is 6.42 Å². The third-order valence-corrected chi connectivity index (χ3v) is 5.61.